The Morgan fingerprint density at radius 2 is 1.80 bits per heavy atom. The lowest BCUT2D eigenvalue weighted by molar-refractivity contribution is 0.303. The topological polar surface area (TPSA) is 92.4 Å². The van der Waals surface area contributed by atoms with E-state index in [0.717, 1.165) is 53.3 Å². The predicted molar refractivity (Wildman–Crippen MR) is 175 cm³/mol. The molecule has 9 nitrogen and oxygen atoms in total. The van der Waals surface area contributed by atoms with Crippen molar-refractivity contribution in [1.82, 2.24) is 10.2 Å². The zero-order chi connectivity index (χ0) is 32.1. The second kappa shape index (κ2) is 14.0. The number of methoxy groups -OCH3 is 1. The smallest absolute Gasteiger partial charge is 0.309 e. The molecule has 44 heavy (non-hydrogen) atoms. The van der Waals surface area contributed by atoms with Crippen molar-refractivity contribution in [2.24, 2.45) is 0 Å². The summed E-state index contributed by atoms with van der Waals surface area (Å²) in [6, 6.07) is 13.5. The molecule has 0 atom stereocenters. The number of anilines is 2. The van der Waals surface area contributed by atoms with Crippen molar-refractivity contribution >= 4 is 21.5 Å². The fourth-order valence-corrected chi connectivity index (χ4v) is 6.44. The summed E-state index contributed by atoms with van der Waals surface area (Å²) in [7, 11) is 3.76. The van der Waals surface area contributed by atoms with E-state index in [4.69, 9.17) is 13.7 Å². The zero-order valence-electron chi connectivity index (χ0n) is 26.8. The maximum absolute atomic E-state index is 14.1. The third-order valence-electron chi connectivity index (χ3n) is 7.46. The highest BCUT2D eigenvalue weighted by Gasteiger charge is 2.31. The number of rotatable bonds is 14. The minimum Gasteiger partial charge on any atom is -0.496 e. The van der Waals surface area contributed by atoms with Crippen molar-refractivity contribution < 1.29 is 26.5 Å². The monoisotopic (exact) mass is 628 g/mol. The van der Waals surface area contributed by atoms with E-state index in [-0.39, 0.29) is 29.5 Å². The van der Waals surface area contributed by atoms with E-state index in [0.29, 0.717) is 24.5 Å². The third kappa shape index (κ3) is 8.55. The molecule has 0 amide bonds. The quantitative estimate of drug-likeness (QED) is 0.183. The maximum Gasteiger partial charge on any atom is 0.309 e. The summed E-state index contributed by atoms with van der Waals surface area (Å²) in [4.78, 5) is 4.25. The van der Waals surface area contributed by atoms with E-state index in [9.17, 15) is 12.8 Å². The van der Waals surface area contributed by atoms with Gasteiger partial charge >= 0.3 is 10.1 Å². The second-order valence-electron chi connectivity index (χ2n) is 12.2. The molecule has 1 aliphatic rings. The highest BCUT2D eigenvalue weighted by atomic mass is 32.2. The Kier molecular flexibility index (Phi) is 10.6. The fraction of sp³-hybridized carbons (Fsp3) is 0.455. The molecular formula is C33H45FN4O5S. The van der Waals surface area contributed by atoms with Gasteiger partial charge in [-0.1, -0.05) is 12.1 Å². The maximum atomic E-state index is 14.1. The summed E-state index contributed by atoms with van der Waals surface area (Å²) in [6.45, 7) is 9.34. The van der Waals surface area contributed by atoms with Crippen LogP contribution in [0, 0.1) is 12.7 Å². The van der Waals surface area contributed by atoms with Gasteiger partial charge in [0.1, 0.15) is 29.7 Å². The fourth-order valence-electron chi connectivity index (χ4n) is 5.46. The number of fused-ring (bicyclic) bond motifs is 1. The highest BCUT2D eigenvalue weighted by molar-refractivity contribution is 7.87. The number of hydrogen-bond donors (Lipinski definition) is 2. The number of likely N-dealkylation sites (N-methyl/N-ethyl adjacent to an activating group) is 2. The van der Waals surface area contributed by atoms with Crippen LogP contribution in [-0.4, -0.2) is 79.0 Å². The standard InChI is InChI=1S/C33H45FN4O5S/c1-23-9-10-24(34)19-30(23)42-21-28-26(13-14-29-32(28)38(6)22-33(2,3)36-29)27-12-11-25(20-31(27)41-7)43-44(39,40)18-8-15-35-16-17-37(4)5/h9-14,19-20,35-36H,8,15-18,21-22H2,1-7H3. The number of ether oxygens (including phenoxy) is 2. The Morgan fingerprint density at radius 1 is 1.05 bits per heavy atom. The van der Waals surface area contributed by atoms with Crippen LogP contribution in [0.5, 0.6) is 17.2 Å². The molecule has 0 radical (unpaired) electrons. The normalized spacial score (nSPS) is 14.2. The number of nitrogens with one attached hydrogen (secondary N) is 2. The van der Waals surface area contributed by atoms with Crippen molar-refractivity contribution in [2.75, 3.05) is 70.4 Å². The molecule has 3 aromatic carbocycles. The lowest BCUT2D eigenvalue weighted by atomic mass is 9.92. The summed E-state index contributed by atoms with van der Waals surface area (Å²) in [5.41, 5.74) is 5.10. The first-order valence-corrected chi connectivity index (χ1v) is 16.4. The summed E-state index contributed by atoms with van der Waals surface area (Å²) in [5.74, 6) is 0.632. The van der Waals surface area contributed by atoms with Crippen LogP contribution in [0.3, 0.4) is 0 Å². The van der Waals surface area contributed by atoms with E-state index < -0.39 is 10.1 Å². The number of nitrogens with zero attached hydrogens (tertiary/aromatic N) is 2. The van der Waals surface area contributed by atoms with Gasteiger partial charge in [-0.2, -0.15) is 8.42 Å². The van der Waals surface area contributed by atoms with Gasteiger partial charge in [-0.3, -0.25) is 0 Å². The average Bonchev–Trinajstić information content (AvgIpc) is 2.94. The lowest BCUT2D eigenvalue weighted by Crippen LogP contribution is -2.47. The molecular weight excluding hydrogens is 583 g/mol. The van der Waals surface area contributed by atoms with Crippen LogP contribution >= 0.6 is 0 Å². The van der Waals surface area contributed by atoms with Crippen LogP contribution in [0.2, 0.25) is 0 Å². The second-order valence-corrected chi connectivity index (χ2v) is 13.9. The predicted octanol–water partition coefficient (Wildman–Crippen LogP) is 5.28. The minimum absolute atomic E-state index is 0.104. The summed E-state index contributed by atoms with van der Waals surface area (Å²) >= 11 is 0. The first-order valence-electron chi connectivity index (χ1n) is 14.8. The van der Waals surface area contributed by atoms with Crippen molar-refractivity contribution in [1.29, 1.82) is 0 Å². The van der Waals surface area contributed by atoms with Crippen LogP contribution in [0.4, 0.5) is 15.8 Å². The summed E-state index contributed by atoms with van der Waals surface area (Å²) < 4.78 is 56.9. The van der Waals surface area contributed by atoms with Gasteiger partial charge in [0, 0.05) is 55.5 Å². The number of hydrogen-bond acceptors (Lipinski definition) is 9. The molecule has 0 fully saturated rings. The SMILES string of the molecule is COc1cc(OS(=O)(=O)CCCNCCN(C)C)ccc1-c1ccc2c(c1COc1cc(F)ccc1C)N(C)CC(C)(C)N2. The number of benzene rings is 3. The molecule has 0 bridgehead atoms. The Hall–Kier alpha value is -3.54. The van der Waals surface area contributed by atoms with Crippen molar-refractivity contribution in [2.45, 2.75) is 39.3 Å². The molecule has 2 N–H and O–H groups in total. The Labute approximate surface area is 261 Å². The number of halogens is 1. The molecule has 3 aromatic rings. The molecule has 0 saturated heterocycles. The first-order chi connectivity index (χ1) is 20.8. The molecule has 4 rings (SSSR count). The molecule has 0 unspecified atom stereocenters. The van der Waals surface area contributed by atoms with E-state index in [1.165, 1.54) is 19.2 Å². The van der Waals surface area contributed by atoms with Gasteiger partial charge in [0.25, 0.3) is 0 Å². The first kappa shape index (κ1) is 33.4. The van der Waals surface area contributed by atoms with E-state index in [2.05, 4.69) is 34.3 Å². The Balaban J connectivity index is 1.62. The molecule has 1 heterocycles. The molecule has 240 valence electrons. The molecule has 0 saturated carbocycles. The van der Waals surface area contributed by atoms with Crippen LogP contribution in [0.15, 0.2) is 48.5 Å². The number of aryl methyl sites for hydroxylation is 1. The summed E-state index contributed by atoms with van der Waals surface area (Å²) in [6.07, 6.45) is 0.437. The van der Waals surface area contributed by atoms with Crippen LogP contribution in [0.25, 0.3) is 11.1 Å². The van der Waals surface area contributed by atoms with Crippen LogP contribution in [0.1, 0.15) is 31.4 Å². The van der Waals surface area contributed by atoms with Crippen molar-refractivity contribution in [3.63, 3.8) is 0 Å². The zero-order valence-corrected chi connectivity index (χ0v) is 27.6. The van der Waals surface area contributed by atoms with Crippen LogP contribution < -0.4 is 29.2 Å². The van der Waals surface area contributed by atoms with Gasteiger partial charge in [0.05, 0.1) is 24.2 Å². The van der Waals surface area contributed by atoms with Gasteiger partial charge in [-0.05, 0) is 83.2 Å². The Bertz CT molecular complexity index is 1560. The lowest BCUT2D eigenvalue weighted by Gasteiger charge is -2.41. The summed E-state index contributed by atoms with van der Waals surface area (Å²) in [5, 5.41) is 6.86. The van der Waals surface area contributed by atoms with Gasteiger partial charge in [-0.15, -0.1) is 0 Å². The molecule has 0 aliphatic carbocycles. The van der Waals surface area contributed by atoms with E-state index >= 15 is 0 Å². The van der Waals surface area contributed by atoms with Gasteiger partial charge in [0.15, 0.2) is 0 Å². The molecule has 1 aliphatic heterocycles. The average molecular weight is 629 g/mol. The molecule has 0 spiro atoms. The Morgan fingerprint density at radius 3 is 2.52 bits per heavy atom. The highest BCUT2D eigenvalue weighted by Crippen LogP contribution is 2.44. The van der Waals surface area contributed by atoms with Gasteiger partial charge < -0.3 is 34.1 Å². The van der Waals surface area contributed by atoms with E-state index in [1.807, 2.05) is 40.2 Å². The molecule has 0 aromatic heterocycles. The van der Waals surface area contributed by atoms with E-state index in [1.54, 1.807) is 24.3 Å². The van der Waals surface area contributed by atoms with Gasteiger partial charge in [0.2, 0.25) is 0 Å². The van der Waals surface area contributed by atoms with Crippen molar-refractivity contribution in [3.8, 4) is 28.4 Å². The van der Waals surface area contributed by atoms with Crippen LogP contribution in [-0.2, 0) is 16.7 Å². The third-order valence-corrected chi connectivity index (χ3v) is 8.70. The largest absolute Gasteiger partial charge is 0.496 e. The van der Waals surface area contributed by atoms with Gasteiger partial charge in [-0.25, -0.2) is 4.39 Å². The molecule has 11 heteroatoms. The van der Waals surface area contributed by atoms with Crippen molar-refractivity contribution in [3.05, 3.63) is 65.5 Å². The minimum atomic E-state index is -3.80.